The molecule has 1 unspecified atom stereocenters. The molecule has 37 heavy (non-hydrogen) atoms. The van der Waals surface area contributed by atoms with E-state index >= 15 is 0 Å². The molecule has 0 aliphatic heterocycles. The summed E-state index contributed by atoms with van der Waals surface area (Å²) >= 11 is 1.59. The Balaban J connectivity index is 1.61. The lowest BCUT2D eigenvalue weighted by Crippen LogP contribution is -2.20. The molecule has 4 rings (SSSR count). The Morgan fingerprint density at radius 1 is 1.08 bits per heavy atom. The molecule has 0 spiro atoms. The van der Waals surface area contributed by atoms with Gasteiger partial charge in [0.05, 0.1) is 16.8 Å². The molecule has 4 aromatic rings. The lowest BCUT2D eigenvalue weighted by molar-refractivity contribution is -0.144. The molecule has 13 heteroatoms. The van der Waals surface area contributed by atoms with Crippen molar-refractivity contribution in [2.75, 3.05) is 30.9 Å². The van der Waals surface area contributed by atoms with Crippen LogP contribution in [-0.2, 0) is 6.18 Å². The molecule has 0 saturated carbocycles. The molecule has 1 aromatic carbocycles. The molecular formula is C24H21F4N7OS. The fraction of sp³-hybridized carbons (Fsp3) is 0.250. The molecule has 0 aliphatic carbocycles. The van der Waals surface area contributed by atoms with Crippen molar-refractivity contribution < 1.29 is 22.4 Å². The average Bonchev–Trinajstić information content (AvgIpc) is 2.90. The van der Waals surface area contributed by atoms with E-state index in [1.165, 1.54) is 31.7 Å². The van der Waals surface area contributed by atoms with Gasteiger partial charge in [-0.3, -0.25) is 9.78 Å². The third-order valence-corrected chi connectivity index (χ3v) is 6.29. The van der Waals surface area contributed by atoms with Gasteiger partial charge in [0.15, 0.2) is 0 Å². The second-order valence-corrected chi connectivity index (χ2v) is 8.82. The van der Waals surface area contributed by atoms with Gasteiger partial charge in [-0.1, -0.05) is 6.07 Å². The van der Waals surface area contributed by atoms with Crippen LogP contribution in [0, 0.1) is 5.82 Å². The zero-order valence-corrected chi connectivity index (χ0v) is 20.5. The largest absolute Gasteiger partial charge is 0.451 e. The Labute approximate surface area is 213 Å². The Kier molecular flexibility index (Phi) is 7.81. The van der Waals surface area contributed by atoms with Crippen LogP contribution >= 0.6 is 11.8 Å². The monoisotopic (exact) mass is 531 g/mol. The SMILES string of the molecule is CNC(=O)c1ccnc2c(C(CNc3cc(-c4cnc(C(F)(F)F)nc4)ncn3)CSC)ccc(F)c12. The van der Waals surface area contributed by atoms with E-state index in [9.17, 15) is 22.4 Å². The van der Waals surface area contributed by atoms with Gasteiger partial charge in [-0.05, 0) is 24.0 Å². The van der Waals surface area contributed by atoms with Crippen LogP contribution in [-0.4, -0.2) is 56.4 Å². The molecule has 3 aromatic heterocycles. The van der Waals surface area contributed by atoms with E-state index < -0.39 is 23.7 Å². The first kappa shape index (κ1) is 26.2. The molecule has 0 radical (unpaired) electrons. The molecule has 1 amide bonds. The lowest BCUT2D eigenvalue weighted by atomic mass is 9.95. The van der Waals surface area contributed by atoms with Crippen LogP contribution in [0.2, 0.25) is 0 Å². The number of thioether (sulfide) groups is 1. The smallest absolute Gasteiger partial charge is 0.369 e. The van der Waals surface area contributed by atoms with Gasteiger partial charge in [0, 0.05) is 60.9 Å². The highest BCUT2D eigenvalue weighted by atomic mass is 32.2. The number of alkyl halides is 3. The van der Waals surface area contributed by atoms with Gasteiger partial charge < -0.3 is 10.6 Å². The zero-order valence-electron chi connectivity index (χ0n) is 19.7. The van der Waals surface area contributed by atoms with Crippen molar-refractivity contribution in [3.8, 4) is 11.3 Å². The van der Waals surface area contributed by atoms with Gasteiger partial charge in [-0.15, -0.1) is 0 Å². The highest BCUT2D eigenvalue weighted by Crippen LogP contribution is 2.31. The van der Waals surface area contributed by atoms with E-state index in [2.05, 4.69) is 35.6 Å². The summed E-state index contributed by atoms with van der Waals surface area (Å²) in [6.45, 7) is 0.382. The third-order valence-electron chi connectivity index (χ3n) is 5.55. The second-order valence-electron chi connectivity index (χ2n) is 7.91. The minimum atomic E-state index is -4.64. The number of aromatic nitrogens is 5. The molecule has 0 bridgehead atoms. The number of rotatable bonds is 8. The van der Waals surface area contributed by atoms with Crippen molar-refractivity contribution in [2.45, 2.75) is 12.1 Å². The van der Waals surface area contributed by atoms with E-state index in [1.54, 1.807) is 23.9 Å². The molecule has 2 N–H and O–H groups in total. The van der Waals surface area contributed by atoms with Gasteiger partial charge in [0.1, 0.15) is 18.0 Å². The molecule has 3 heterocycles. The minimum absolute atomic E-state index is 0.140. The number of benzene rings is 1. The third kappa shape index (κ3) is 5.77. The van der Waals surface area contributed by atoms with E-state index in [4.69, 9.17) is 0 Å². The topological polar surface area (TPSA) is 106 Å². The number of hydrogen-bond donors (Lipinski definition) is 2. The van der Waals surface area contributed by atoms with Crippen molar-refractivity contribution >= 4 is 34.4 Å². The van der Waals surface area contributed by atoms with E-state index in [-0.39, 0.29) is 16.9 Å². The first-order chi connectivity index (χ1) is 17.7. The summed E-state index contributed by atoms with van der Waals surface area (Å²) in [6.07, 6.45) is 2.17. The normalized spacial score (nSPS) is 12.4. The van der Waals surface area contributed by atoms with Crippen molar-refractivity contribution in [1.82, 2.24) is 30.2 Å². The quantitative estimate of drug-likeness (QED) is 0.319. The average molecular weight is 532 g/mol. The summed E-state index contributed by atoms with van der Waals surface area (Å²) < 4.78 is 53.1. The molecule has 0 aliphatic rings. The van der Waals surface area contributed by atoms with Gasteiger partial charge in [-0.25, -0.2) is 24.3 Å². The Bertz CT molecular complexity index is 1420. The van der Waals surface area contributed by atoms with E-state index in [0.717, 1.165) is 18.0 Å². The van der Waals surface area contributed by atoms with Crippen LogP contribution in [0.4, 0.5) is 23.4 Å². The number of anilines is 1. The van der Waals surface area contributed by atoms with Crippen molar-refractivity contribution in [2.24, 2.45) is 0 Å². The summed E-state index contributed by atoms with van der Waals surface area (Å²) in [4.78, 5) is 31.7. The summed E-state index contributed by atoms with van der Waals surface area (Å²) in [7, 11) is 1.48. The number of pyridine rings is 1. The highest BCUT2D eigenvalue weighted by Gasteiger charge is 2.34. The van der Waals surface area contributed by atoms with Crippen molar-refractivity contribution in [3.63, 3.8) is 0 Å². The van der Waals surface area contributed by atoms with Gasteiger partial charge >= 0.3 is 6.18 Å². The highest BCUT2D eigenvalue weighted by molar-refractivity contribution is 7.98. The minimum Gasteiger partial charge on any atom is -0.369 e. The first-order valence-corrected chi connectivity index (χ1v) is 12.4. The number of carbonyl (C=O) groups excluding carboxylic acids is 1. The summed E-state index contributed by atoms with van der Waals surface area (Å²) in [5.41, 5.74) is 2.00. The van der Waals surface area contributed by atoms with Crippen molar-refractivity contribution in [1.29, 1.82) is 0 Å². The van der Waals surface area contributed by atoms with Gasteiger partial charge in [0.25, 0.3) is 5.91 Å². The summed E-state index contributed by atoms with van der Waals surface area (Å²) in [6, 6.07) is 6.04. The molecule has 0 saturated heterocycles. The maximum Gasteiger partial charge on any atom is 0.451 e. The molecule has 0 fully saturated rings. The van der Waals surface area contributed by atoms with E-state index in [0.29, 0.717) is 34.9 Å². The van der Waals surface area contributed by atoms with Crippen LogP contribution in [0.25, 0.3) is 22.2 Å². The van der Waals surface area contributed by atoms with Crippen LogP contribution < -0.4 is 10.6 Å². The van der Waals surface area contributed by atoms with Crippen molar-refractivity contribution in [3.05, 3.63) is 72.0 Å². The fourth-order valence-corrected chi connectivity index (χ4v) is 4.51. The lowest BCUT2D eigenvalue weighted by Gasteiger charge is -2.20. The Morgan fingerprint density at radius 3 is 2.51 bits per heavy atom. The maximum atomic E-state index is 14.8. The van der Waals surface area contributed by atoms with Gasteiger partial charge in [0.2, 0.25) is 5.82 Å². The number of nitrogens with zero attached hydrogens (tertiary/aromatic N) is 5. The van der Waals surface area contributed by atoms with Crippen LogP contribution in [0.15, 0.2) is 49.2 Å². The molecular weight excluding hydrogens is 510 g/mol. The Morgan fingerprint density at radius 2 is 1.84 bits per heavy atom. The maximum absolute atomic E-state index is 14.8. The summed E-state index contributed by atoms with van der Waals surface area (Å²) in [5.74, 6) is -1.24. The van der Waals surface area contributed by atoms with Crippen LogP contribution in [0.1, 0.15) is 27.7 Å². The number of carbonyl (C=O) groups is 1. The van der Waals surface area contributed by atoms with E-state index in [1.807, 2.05) is 6.26 Å². The molecule has 1 atom stereocenters. The molecule has 192 valence electrons. The van der Waals surface area contributed by atoms with Crippen LogP contribution in [0.3, 0.4) is 0 Å². The predicted molar refractivity (Wildman–Crippen MR) is 133 cm³/mol. The first-order valence-electron chi connectivity index (χ1n) is 11.0. The number of halogens is 4. The predicted octanol–water partition coefficient (Wildman–Crippen LogP) is 4.56. The second kappa shape index (κ2) is 11.0. The summed E-state index contributed by atoms with van der Waals surface area (Å²) in [5, 5.41) is 5.89. The van der Waals surface area contributed by atoms with Gasteiger partial charge in [-0.2, -0.15) is 24.9 Å². The standard InChI is InChI=1S/C24H21F4N7OS/c1-29-22(36)16-5-6-30-21-15(3-4-17(25)20(16)21)14(11-37-2)10-31-19-7-18(34-12-35-19)13-8-32-23(33-9-13)24(26,27)28/h3-9,12,14H,10-11H2,1-2H3,(H,29,36)(H,31,34,35). The molecule has 8 nitrogen and oxygen atoms in total. The zero-order chi connectivity index (χ0) is 26.6. The number of nitrogens with one attached hydrogen (secondary N) is 2. The Hall–Kier alpha value is -3.87. The fourth-order valence-electron chi connectivity index (χ4n) is 3.81. The number of hydrogen-bond acceptors (Lipinski definition) is 8. The number of amides is 1. The van der Waals surface area contributed by atoms with Crippen LogP contribution in [0.5, 0.6) is 0 Å². The number of fused-ring (bicyclic) bond motifs is 1.